The maximum absolute atomic E-state index is 13.7. The van der Waals surface area contributed by atoms with E-state index in [1.165, 1.54) is 0 Å². The highest BCUT2D eigenvalue weighted by molar-refractivity contribution is 6.41. The largest absolute Gasteiger partial charge is 0.462 e. The van der Waals surface area contributed by atoms with Crippen molar-refractivity contribution >= 4 is 34.9 Å². The number of esters is 1. The molecule has 0 radical (unpaired) electrons. The molecule has 0 saturated carbocycles. The predicted octanol–water partition coefficient (Wildman–Crippen LogP) is 2.07. The molecular formula is C12H14Cl2FNO4. The number of aliphatic hydroxyl groups is 2. The summed E-state index contributed by atoms with van der Waals surface area (Å²) >= 11 is 11.7. The topological polar surface area (TPSA) is 78.8 Å². The van der Waals surface area contributed by atoms with Crippen LogP contribution in [0.4, 0.5) is 10.1 Å². The van der Waals surface area contributed by atoms with Gasteiger partial charge < -0.3 is 20.3 Å². The molecule has 0 amide bonds. The quantitative estimate of drug-likeness (QED) is 0.551. The van der Waals surface area contributed by atoms with Crippen LogP contribution in [0.15, 0.2) is 6.07 Å². The zero-order chi connectivity index (χ0) is 15.3. The second-order valence-electron chi connectivity index (χ2n) is 3.85. The van der Waals surface area contributed by atoms with Gasteiger partial charge in [0.2, 0.25) is 0 Å². The molecule has 20 heavy (non-hydrogen) atoms. The number of benzene rings is 1. The monoisotopic (exact) mass is 325 g/mol. The number of hydrogen-bond acceptors (Lipinski definition) is 5. The van der Waals surface area contributed by atoms with Gasteiger partial charge in [-0.2, -0.15) is 0 Å². The van der Waals surface area contributed by atoms with Gasteiger partial charge in [-0.25, -0.2) is 9.18 Å². The number of rotatable bonds is 6. The normalized spacial score (nSPS) is 12.1. The molecule has 5 nitrogen and oxygen atoms in total. The number of ether oxygens (including phenoxy) is 1. The molecule has 1 rings (SSSR count). The Morgan fingerprint density at radius 1 is 1.50 bits per heavy atom. The third-order valence-corrected chi connectivity index (χ3v) is 3.14. The molecule has 1 aromatic rings. The number of carbonyl (C=O) groups is 1. The van der Waals surface area contributed by atoms with Crippen LogP contribution in [0.2, 0.25) is 10.0 Å². The van der Waals surface area contributed by atoms with Crippen molar-refractivity contribution < 1.29 is 24.1 Å². The van der Waals surface area contributed by atoms with Crippen LogP contribution in [0.1, 0.15) is 17.3 Å². The third-order valence-electron chi connectivity index (χ3n) is 2.38. The summed E-state index contributed by atoms with van der Waals surface area (Å²) in [6, 6.07) is 0.885. The zero-order valence-electron chi connectivity index (χ0n) is 10.6. The molecule has 0 spiro atoms. The smallest absolute Gasteiger partial charge is 0.339 e. The van der Waals surface area contributed by atoms with Crippen molar-refractivity contribution in [1.29, 1.82) is 0 Å². The molecule has 112 valence electrons. The molecule has 3 N–H and O–H groups in total. The highest BCUT2D eigenvalue weighted by atomic mass is 35.5. The fraction of sp³-hybridized carbons (Fsp3) is 0.417. The van der Waals surface area contributed by atoms with Crippen LogP contribution in [0.3, 0.4) is 0 Å². The average molecular weight is 326 g/mol. The van der Waals surface area contributed by atoms with Gasteiger partial charge in [0.25, 0.3) is 0 Å². The molecule has 8 heteroatoms. The Labute approximate surface area is 125 Å². The van der Waals surface area contributed by atoms with Crippen LogP contribution in [-0.4, -0.2) is 42.0 Å². The Morgan fingerprint density at radius 2 is 2.15 bits per heavy atom. The lowest BCUT2D eigenvalue weighted by Gasteiger charge is -2.15. The second-order valence-corrected chi connectivity index (χ2v) is 4.60. The number of anilines is 1. The molecule has 0 heterocycles. The first-order valence-corrected chi connectivity index (χ1v) is 6.55. The first-order valence-electron chi connectivity index (χ1n) is 5.79. The SMILES string of the molecule is CCOC(=O)c1cc(F)c(Cl)c(NCC(O)CO)c1Cl. The lowest BCUT2D eigenvalue weighted by molar-refractivity contribution is 0.0526. The van der Waals surface area contributed by atoms with E-state index in [0.29, 0.717) is 0 Å². The molecule has 0 bridgehead atoms. The molecule has 1 unspecified atom stereocenters. The summed E-state index contributed by atoms with van der Waals surface area (Å²) in [7, 11) is 0. The second kappa shape index (κ2) is 7.64. The van der Waals surface area contributed by atoms with E-state index in [2.05, 4.69) is 5.32 Å². The molecule has 0 saturated heterocycles. The molecule has 0 aromatic heterocycles. The van der Waals surface area contributed by atoms with Crippen molar-refractivity contribution in [3.05, 3.63) is 27.5 Å². The van der Waals surface area contributed by atoms with Crippen LogP contribution in [0, 0.1) is 5.82 Å². The van der Waals surface area contributed by atoms with E-state index in [4.69, 9.17) is 33.0 Å². The summed E-state index contributed by atoms with van der Waals surface area (Å²) in [5, 5.41) is 20.1. The summed E-state index contributed by atoms with van der Waals surface area (Å²) in [6.07, 6.45) is -1.07. The summed E-state index contributed by atoms with van der Waals surface area (Å²) < 4.78 is 18.4. The maximum Gasteiger partial charge on any atom is 0.339 e. The van der Waals surface area contributed by atoms with Crippen molar-refractivity contribution in [2.45, 2.75) is 13.0 Å². The van der Waals surface area contributed by atoms with Crippen LogP contribution in [-0.2, 0) is 4.74 Å². The van der Waals surface area contributed by atoms with Crippen LogP contribution < -0.4 is 5.32 Å². The standard InChI is InChI=1S/C12H14Cl2FNO4/c1-2-20-12(19)7-3-8(15)10(14)11(9(7)13)16-4-6(18)5-17/h3,6,16-18H,2,4-5H2,1H3. The van der Waals surface area contributed by atoms with E-state index in [0.717, 1.165) is 6.07 Å². The maximum atomic E-state index is 13.7. The van der Waals surface area contributed by atoms with E-state index in [1.807, 2.05) is 0 Å². The van der Waals surface area contributed by atoms with Gasteiger partial charge in [0.1, 0.15) is 10.8 Å². The number of halogens is 3. The van der Waals surface area contributed by atoms with Gasteiger partial charge in [0.15, 0.2) is 0 Å². The number of nitrogens with one attached hydrogen (secondary N) is 1. The summed E-state index contributed by atoms with van der Waals surface area (Å²) in [5.74, 6) is -1.63. The van der Waals surface area contributed by atoms with Gasteiger partial charge in [-0.3, -0.25) is 0 Å². The highest BCUT2D eigenvalue weighted by Gasteiger charge is 2.21. The molecule has 0 aliphatic rings. The first kappa shape index (κ1) is 17.0. The van der Waals surface area contributed by atoms with E-state index >= 15 is 0 Å². The summed E-state index contributed by atoms with van der Waals surface area (Å²) in [5.41, 5.74) is -0.208. The molecule has 1 atom stereocenters. The lowest BCUT2D eigenvalue weighted by atomic mass is 10.2. The van der Waals surface area contributed by atoms with Crippen molar-refractivity contribution in [1.82, 2.24) is 0 Å². The van der Waals surface area contributed by atoms with E-state index < -0.39 is 24.5 Å². The summed E-state index contributed by atoms with van der Waals surface area (Å²) in [4.78, 5) is 11.6. The Kier molecular flexibility index (Phi) is 6.48. The molecule has 0 aliphatic heterocycles. The zero-order valence-corrected chi connectivity index (χ0v) is 12.1. The van der Waals surface area contributed by atoms with Crippen LogP contribution >= 0.6 is 23.2 Å². The Hall–Kier alpha value is -1.08. The van der Waals surface area contributed by atoms with E-state index in [9.17, 15) is 14.3 Å². The lowest BCUT2D eigenvalue weighted by Crippen LogP contribution is -2.23. The molecule has 1 aromatic carbocycles. The number of aliphatic hydroxyl groups excluding tert-OH is 2. The van der Waals surface area contributed by atoms with Gasteiger partial charge in [-0.1, -0.05) is 23.2 Å². The molecule has 0 fully saturated rings. The summed E-state index contributed by atoms with van der Waals surface area (Å²) in [6.45, 7) is 1.13. The third kappa shape index (κ3) is 3.96. The average Bonchev–Trinajstić information content (AvgIpc) is 2.42. The highest BCUT2D eigenvalue weighted by Crippen LogP contribution is 2.36. The van der Waals surface area contributed by atoms with E-state index in [-0.39, 0.29) is 34.4 Å². The van der Waals surface area contributed by atoms with Gasteiger partial charge >= 0.3 is 5.97 Å². The Morgan fingerprint density at radius 3 is 2.70 bits per heavy atom. The molecule has 0 aliphatic carbocycles. The van der Waals surface area contributed by atoms with Crippen molar-refractivity contribution in [2.24, 2.45) is 0 Å². The Balaban J connectivity index is 3.12. The number of carbonyl (C=O) groups excluding carboxylic acids is 1. The first-order chi connectivity index (χ1) is 9.42. The van der Waals surface area contributed by atoms with Gasteiger partial charge in [0, 0.05) is 6.54 Å². The minimum atomic E-state index is -1.07. The minimum absolute atomic E-state index is 0.0381. The Bertz CT molecular complexity index is 499. The predicted molar refractivity (Wildman–Crippen MR) is 74.0 cm³/mol. The minimum Gasteiger partial charge on any atom is -0.462 e. The van der Waals surface area contributed by atoms with Crippen LogP contribution in [0.25, 0.3) is 0 Å². The van der Waals surface area contributed by atoms with Crippen molar-refractivity contribution in [3.8, 4) is 0 Å². The van der Waals surface area contributed by atoms with E-state index in [1.54, 1.807) is 6.92 Å². The van der Waals surface area contributed by atoms with Gasteiger partial charge in [0.05, 0.1) is 35.6 Å². The van der Waals surface area contributed by atoms with Crippen molar-refractivity contribution in [3.63, 3.8) is 0 Å². The van der Waals surface area contributed by atoms with Gasteiger partial charge in [-0.15, -0.1) is 0 Å². The van der Waals surface area contributed by atoms with Crippen LogP contribution in [0.5, 0.6) is 0 Å². The van der Waals surface area contributed by atoms with Crippen molar-refractivity contribution in [2.75, 3.05) is 25.1 Å². The molecular weight excluding hydrogens is 312 g/mol. The van der Waals surface area contributed by atoms with Gasteiger partial charge in [-0.05, 0) is 13.0 Å². The fourth-order valence-corrected chi connectivity index (χ4v) is 1.96. The number of hydrogen-bond donors (Lipinski definition) is 3. The fourth-order valence-electron chi connectivity index (χ4n) is 1.40.